The first-order chi connectivity index (χ1) is 7.61. The summed E-state index contributed by atoms with van der Waals surface area (Å²) in [6.45, 7) is 7.11. The highest BCUT2D eigenvalue weighted by atomic mass is 15.1. The average molecular weight is 218 g/mol. The van der Waals surface area contributed by atoms with Crippen molar-refractivity contribution in [1.82, 2.24) is 0 Å². The molecule has 0 bridgehead atoms. The van der Waals surface area contributed by atoms with Gasteiger partial charge in [-0.3, -0.25) is 0 Å². The van der Waals surface area contributed by atoms with Crippen LogP contribution in [0.2, 0.25) is 0 Å². The lowest BCUT2D eigenvalue weighted by Gasteiger charge is -2.38. The van der Waals surface area contributed by atoms with Gasteiger partial charge in [-0.15, -0.1) is 0 Å². The highest BCUT2D eigenvalue weighted by Gasteiger charge is 2.25. The summed E-state index contributed by atoms with van der Waals surface area (Å²) in [5.41, 5.74) is 3.07. The van der Waals surface area contributed by atoms with E-state index < -0.39 is 0 Å². The van der Waals surface area contributed by atoms with Gasteiger partial charge in [0.1, 0.15) is 0 Å². The summed E-state index contributed by atoms with van der Waals surface area (Å²) < 4.78 is 0. The van der Waals surface area contributed by atoms with Gasteiger partial charge in [-0.2, -0.15) is 0 Å². The summed E-state index contributed by atoms with van der Waals surface area (Å²) in [5, 5.41) is 3.15. The van der Waals surface area contributed by atoms with Crippen LogP contribution >= 0.6 is 0 Å². The van der Waals surface area contributed by atoms with Gasteiger partial charge >= 0.3 is 0 Å². The van der Waals surface area contributed by atoms with Crippen LogP contribution < -0.4 is 10.2 Å². The molecule has 0 unspecified atom stereocenters. The molecular formula is C14H22N2. The predicted molar refractivity (Wildman–Crippen MR) is 71.2 cm³/mol. The summed E-state index contributed by atoms with van der Waals surface area (Å²) in [6, 6.07) is 8.72. The molecule has 1 aliphatic heterocycles. The smallest absolute Gasteiger partial charge is 0.0367 e. The zero-order chi connectivity index (χ0) is 11.6. The Kier molecular flexibility index (Phi) is 3.08. The minimum absolute atomic E-state index is 0.529. The van der Waals surface area contributed by atoms with Gasteiger partial charge in [-0.05, 0) is 42.5 Å². The monoisotopic (exact) mass is 218 g/mol. The third-order valence-corrected chi connectivity index (χ3v) is 3.64. The van der Waals surface area contributed by atoms with Crippen molar-refractivity contribution in [3.05, 3.63) is 24.3 Å². The Balaban J connectivity index is 2.03. The van der Waals surface area contributed by atoms with Crippen molar-refractivity contribution < 1.29 is 0 Å². The summed E-state index contributed by atoms with van der Waals surface area (Å²) in [6.07, 6.45) is 2.58. The summed E-state index contributed by atoms with van der Waals surface area (Å²) in [7, 11) is 1.96. The summed E-state index contributed by atoms with van der Waals surface area (Å²) in [5.74, 6) is 0. The van der Waals surface area contributed by atoms with E-state index >= 15 is 0 Å². The fourth-order valence-electron chi connectivity index (χ4n) is 2.21. The Bertz CT molecular complexity index is 330. The van der Waals surface area contributed by atoms with E-state index in [-0.39, 0.29) is 0 Å². The molecule has 0 aliphatic carbocycles. The predicted octanol–water partition coefficient (Wildman–Crippen LogP) is 3.35. The Morgan fingerprint density at radius 2 is 1.62 bits per heavy atom. The van der Waals surface area contributed by atoms with Gasteiger partial charge in [-0.1, -0.05) is 13.8 Å². The maximum absolute atomic E-state index is 3.15. The summed E-state index contributed by atoms with van der Waals surface area (Å²) >= 11 is 0. The Morgan fingerprint density at radius 1 is 1.06 bits per heavy atom. The number of hydrogen-bond donors (Lipinski definition) is 1. The van der Waals surface area contributed by atoms with E-state index in [9.17, 15) is 0 Å². The van der Waals surface area contributed by atoms with Crippen LogP contribution in [-0.4, -0.2) is 20.1 Å². The maximum Gasteiger partial charge on any atom is 0.0367 e. The fourth-order valence-corrected chi connectivity index (χ4v) is 2.21. The van der Waals surface area contributed by atoms with Crippen LogP contribution in [0, 0.1) is 5.41 Å². The lowest BCUT2D eigenvalue weighted by Crippen LogP contribution is -2.37. The first kappa shape index (κ1) is 11.3. The Labute approximate surface area is 98.7 Å². The van der Waals surface area contributed by atoms with Gasteiger partial charge in [0.2, 0.25) is 0 Å². The highest BCUT2D eigenvalue weighted by Crippen LogP contribution is 2.32. The molecule has 2 nitrogen and oxygen atoms in total. The second-order valence-electron chi connectivity index (χ2n) is 5.45. The number of anilines is 2. The normalized spacial score (nSPS) is 19.6. The first-order valence-electron chi connectivity index (χ1n) is 6.13. The molecule has 0 amide bonds. The molecule has 1 aromatic rings. The molecular weight excluding hydrogens is 196 g/mol. The standard InChI is InChI=1S/C14H22N2/c1-14(2)8-10-16(11-9-14)13-6-4-12(15-3)5-7-13/h4-7,15H,8-11H2,1-3H3. The number of hydrogen-bond acceptors (Lipinski definition) is 2. The van der Waals surface area contributed by atoms with Crippen molar-refractivity contribution in [2.75, 3.05) is 30.4 Å². The van der Waals surface area contributed by atoms with Crippen LogP contribution in [0.3, 0.4) is 0 Å². The van der Waals surface area contributed by atoms with Gasteiger partial charge in [-0.25, -0.2) is 0 Å². The minimum atomic E-state index is 0.529. The Hall–Kier alpha value is -1.18. The lowest BCUT2D eigenvalue weighted by atomic mass is 9.82. The molecule has 0 aromatic heterocycles. The molecule has 16 heavy (non-hydrogen) atoms. The molecule has 0 radical (unpaired) electrons. The average Bonchev–Trinajstić information content (AvgIpc) is 2.29. The zero-order valence-corrected chi connectivity index (χ0v) is 10.6. The molecule has 1 heterocycles. The van der Waals surface area contributed by atoms with Crippen molar-refractivity contribution in [2.45, 2.75) is 26.7 Å². The topological polar surface area (TPSA) is 15.3 Å². The van der Waals surface area contributed by atoms with Gasteiger partial charge in [0.05, 0.1) is 0 Å². The van der Waals surface area contributed by atoms with Gasteiger partial charge in [0.15, 0.2) is 0 Å². The van der Waals surface area contributed by atoms with E-state index in [1.165, 1.54) is 37.3 Å². The lowest BCUT2D eigenvalue weighted by molar-refractivity contribution is 0.280. The number of nitrogens with zero attached hydrogens (tertiary/aromatic N) is 1. The van der Waals surface area contributed by atoms with Crippen molar-refractivity contribution in [3.63, 3.8) is 0 Å². The maximum atomic E-state index is 3.15. The highest BCUT2D eigenvalue weighted by molar-refractivity contribution is 5.55. The molecule has 1 saturated heterocycles. The fraction of sp³-hybridized carbons (Fsp3) is 0.571. The number of piperidine rings is 1. The molecule has 1 aliphatic rings. The van der Waals surface area contributed by atoms with Crippen LogP contribution in [0.5, 0.6) is 0 Å². The minimum Gasteiger partial charge on any atom is -0.388 e. The second-order valence-corrected chi connectivity index (χ2v) is 5.45. The number of benzene rings is 1. The molecule has 1 N–H and O–H groups in total. The first-order valence-corrected chi connectivity index (χ1v) is 6.13. The van der Waals surface area contributed by atoms with Crippen LogP contribution in [0.4, 0.5) is 11.4 Å². The second kappa shape index (κ2) is 4.36. The van der Waals surface area contributed by atoms with Gasteiger partial charge in [0.25, 0.3) is 0 Å². The van der Waals surface area contributed by atoms with Gasteiger partial charge in [0, 0.05) is 31.5 Å². The van der Waals surface area contributed by atoms with E-state index in [1.807, 2.05) is 7.05 Å². The van der Waals surface area contributed by atoms with Crippen molar-refractivity contribution in [3.8, 4) is 0 Å². The van der Waals surface area contributed by atoms with Crippen LogP contribution in [0.1, 0.15) is 26.7 Å². The molecule has 2 heteroatoms. The van der Waals surface area contributed by atoms with Crippen LogP contribution in [-0.2, 0) is 0 Å². The van der Waals surface area contributed by atoms with Crippen molar-refractivity contribution in [2.24, 2.45) is 5.41 Å². The summed E-state index contributed by atoms with van der Waals surface area (Å²) in [4.78, 5) is 2.49. The van der Waals surface area contributed by atoms with E-state index in [4.69, 9.17) is 0 Å². The number of rotatable bonds is 2. The largest absolute Gasteiger partial charge is 0.388 e. The van der Waals surface area contributed by atoms with Crippen molar-refractivity contribution >= 4 is 11.4 Å². The Morgan fingerprint density at radius 3 is 2.12 bits per heavy atom. The zero-order valence-electron chi connectivity index (χ0n) is 10.6. The van der Waals surface area contributed by atoms with Crippen LogP contribution in [0.25, 0.3) is 0 Å². The van der Waals surface area contributed by atoms with Crippen molar-refractivity contribution in [1.29, 1.82) is 0 Å². The van der Waals surface area contributed by atoms with Gasteiger partial charge < -0.3 is 10.2 Å². The molecule has 1 fully saturated rings. The molecule has 0 saturated carbocycles. The third kappa shape index (κ3) is 2.49. The van der Waals surface area contributed by atoms with Crippen LogP contribution in [0.15, 0.2) is 24.3 Å². The number of nitrogens with one attached hydrogen (secondary N) is 1. The van der Waals surface area contributed by atoms with E-state index in [0.717, 1.165) is 0 Å². The SMILES string of the molecule is CNc1ccc(N2CCC(C)(C)CC2)cc1. The quantitative estimate of drug-likeness (QED) is 0.819. The molecule has 0 atom stereocenters. The van der Waals surface area contributed by atoms with E-state index in [0.29, 0.717) is 5.41 Å². The third-order valence-electron chi connectivity index (χ3n) is 3.64. The molecule has 88 valence electrons. The van der Waals surface area contributed by atoms with E-state index in [1.54, 1.807) is 0 Å². The molecule has 2 rings (SSSR count). The van der Waals surface area contributed by atoms with E-state index in [2.05, 4.69) is 48.3 Å². The molecule has 1 aromatic carbocycles. The molecule has 0 spiro atoms.